The molecule has 2 fully saturated rings. The van der Waals surface area contributed by atoms with Gasteiger partial charge in [0.25, 0.3) is 0 Å². The van der Waals surface area contributed by atoms with Crippen LogP contribution in [0, 0.1) is 5.41 Å². The van der Waals surface area contributed by atoms with Gasteiger partial charge in [0.05, 0.1) is 19.3 Å². The maximum absolute atomic E-state index is 13.0. The fraction of sp³-hybridized carbons (Fsp3) is 0.458. The molecule has 2 aliphatic rings. The molecule has 148 valence electrons. The molecule has 0 radical (unpaired) electrons. The summed E-state index contributed by atoms with van der Waals surface area (Å²) in [4.78, 5) is 17.5. The molecule has 28 heavy (non-hydrogen) atoms. The maximum Gasteiger partial charge on any atom is 0.223 e. The van der Waals surface area contributed by atoms with E-state index in [9.17, 15) is 4.79 Å². The van der Waals surface area contributed by atoms with Crippen LogP contribution in [0.25, 0.3) is 0 Å². The van der Waals surface area contributed by atoms with Crippen molar-refractivity contribution in [2.45, 2.75) is 32.4 Å². The van der Waals surface area contributed by atoms with Gasteiger partial charge in [0.15, 0.2) is 0 Å². The van der Waals surface area contributed by atoms with Crippen LogP contribution in [0.2, 0.25) is 0 Å². The smallest absolute Gasteiger partial charge is 0.223 e. The highest BCUT2D eigenvalue weighted by Crippen LogP contribution is 2.40. The Hall–Kier alpha value is -2.17. The summed E-state index contributed by atoms with van der Waals surface area (Å²) < 4.78 is 6.01. The maximum atomic E-state index is 13.0. The van der Waals surface area contributed by atoms with E-state index in [4.69, 9.17) is 4.74 Å². The average molecular weight is 379 g/mol. The molecular weight excluding hydrogens is 348 g/mol. The summed E-state index contributed by atoms with van der Waals surface area (Å²) in [5.74, 6) is 0.245. The Bertz CT molecular complexity index is 795. The molecule has 2 saturated heterocycles. The van der Waals surface area contributed by atoms with Gasteiger partial charge in [0, 0.05) is 37.5 Å². The van der Waals surface area contributed by atoms with Crippen molar-refractivity contribution in [1.82, 2.24) is 9.80 Å². The number of hydrogen-bond donors (Lipinski definition) is 0. The summed E-state index contributed by atoms with van der Waals surface area (Å²) in [7, 11) is 0. The molecule has 2 aromatic rings. The molecule has 4 heteroatoms. The van der Waals surface area contributed by atoms with E-state index in [1.807, 2.05) is 18.2 Å². The molecule has 1 amide bonds. The second-order valence-electron chi connectivity index (χ2n) is 8.39. The number of rotatable bonds is 4. The first kappa shape index (κ1) is 19.2. The highest BCUT2D eigenvalue weighted by molar-refractivity contribution is 5.80. The van der Waals surface area contributed by atoms with Gasteiger partial charge in [-0.1, -0.05) is 60.7 Å². The number of nitrogens with zero attached hydrogens (tertiary/aromatic N) is 2. The van der Waals surface area contributed by atoms with Crippen molar-refractivity contribution >= 4 is 5.91 Å². The van der Waals surface area contributed by atoms with E-state index in [-0.39, 0.29) is 17.4 Å². The minimum Gasteiger partial charge on any atom is -0.379 e. The van der Waals surface area contributed by atoms with Gasteiger partial charge in [-0.2, -0.15) is 0 Å². The minimum absolute atomic E-state index is 0.0938. The van der Waals surface area contributed by atoms with Crippen molar-refractivity contribution in [1.29, 1.82) is 0 Å². The van der Waals surface area contributed by atoms with Gasteiger partial charge in [-0.05, 0) is 25.0 Å². The van der Waals surface area contributed by atoms with Gasteiger partial charge in [-0.15, -0.1) is 0 Å². The second-order valence-corrected chi connectivity index (χ2v) is 8.39. The van der Waals surface area contributed by atoms with Gasteiger partial charge >= 0.3 is 0 Å². The normalized spacial score (nSPS) is 25.6. The third-order valence-corrected chi connectivity index (χ3v) is 6.40. The molecule has 2 heterocycles. The van der Waals surface area contributed by atoms with Crippen LogP contribution in [0.4, 0.5) is 0 Å². The fourth-order valence-corrected chi connectivity index (χ4v) is 4.69. The minimum atomic E-state index is -0.125. The molecular formula is C24H30N2O2. The Morgan fingerprint density at radius 1 is 0.893 bits per heavy atom. The summed E-state index contributed by atoms with van der Waals surface area (Å²) in [5, 5.41) is 0. The lowest BCUT2D eigenvalue weighted by Gasteiger charge is -2.35. The van der Waals surface area contributed by atoms with Crippen LogP contribution >= 0.6 is 0 Å². The van der Waals surface area contributed by atoms with Gasteiger partial charge in [0.2, 0.25) is 5.91 Å². The van der Waals surface area contributed by atoms with Crippen molar-refractivity contribution in [3.63, 3.8) is 0 Å². The van der Waals surface area contributed by atoms with Crippen LogP contribution in [-0.4, -0.2) is 48.6 Å². The molecule has 3 unspecified atom stereocenters. The van der Waals surface area contributed by atoms with Crippen molar-refractivity contribution in [2.24, 2.45) is 5.41 Å². The van der Waals surface area contributed by atoms with Crippen LogP contribution in [0.5, 0.6) is 0 Å². The van der Waals surface area contributed by atoms with Crippen LogP contribution in [0.3, 0.4) is 0 Å². The highest BCUT2D eigenvalue weighted by atomic mass is 16.5. The molecule has 0 N–H and O–H groups in total. The quantitative estimate of drug-likeness (QED) is 0.804. The van der Waals surface area contributed by atoms with Crippen LogP contribution in [0.1, 0.15) is 43.5 Å². The lowest BCUT2D eigenvalue weighted by Crippen LogP contribution is -2.42. The van der Waals surface area contributed by atoms with Gasteiger partial charge < -0.3 is 9.64 Å². The third kappa shape index (κ3) is 3.85. The van der Waals surface area contributed by atoms with E-state index >= 15 is 0 Å². The van der Waals surface area contributed by atoms with Gasteiger partial charge in [0.1, 0.15) is 0 Å². The van der Waals surface area contributed by atoms with Crippen molar-refractivity contribution in [3.8, 4) is 0 Å². The van der Waals surface area contributed by atoms with E-state index in [2.05, 4.69) is 66.1 Å². The Kier molecular flexibility index (Phi) is 5.51. The number of likely N-dealkylation sites (tertiary alicyclic amines) is 1. The zero-order valence-corrected chi connectivity index (χ0v) is 16.9. The first-order chi connectivity index (χ1) is 13.6. The van der Waals surface area contributed by atoms with Crippen molar-refractivity contribution in [3.05, 3.63) is 71.8 Å². The lowest BCUT2D eigenvalue weighted by atomic mass is 9.86. The summed E-state index contributed by atoms with van der Waals surface area (Å²) >= 11 is 0. The van der Waals surface area contributed by atoms with Crippen molar-refractivity contribution < 1.29 is 9.53 Å². The zero-order valence-electron chi connectivity index (χ0n) is 16.9. The van der Waals surface area contributed by atoms with E-state index in [0.717, 1.165) is 26.2 Å². The lowest BCUT2D eigenvalue weighted by molar-refractivity contribution is -0.129. The second kappa shape index (κ2) is 8.06. The number of carbonyl (C=O) groups is 1. The molecule has 1 spiro atoms. The Morgan fingerprint density at radius 2 is 1.50 bits per heavy atom. The van der Waals surface area contributed by atoms with Crippen LogP contribution < -0.4 is 0 Å². The number of amides is 1. The summed E-state index contributed by atoms with van der Waals surface area (Å²) in [5.41, 5.74) is 2.38. The molecule has 3 atom stereocenters. The Balaban J connectivity index is 1.53. The van der Waals surface area contributed by atoms with Gasteiger partial charge in [-0.25, -0.2) is 0 Å². The number of carbonyl (C=O) groups excluding carboxylic acids is 1. The fourth-order valence-electron chi connectivity index (χ4n) is 4.69. The largest absolute Gasteiger partial charge is 0.379 e. The molecule has 4 rings (SSSR count). The van der Waals surface area contributed by atoms with Crippen molar-refractivity contribution in [2.75, 3.05) is 32.8 Å². The standard InChI is InChI=1S/C24H30N2O2/c1-19(21-9-5-3-6-10-21)25-13-14-28-18-24(16-25)15-23(27)26(17-24)20(2)22-11-7-4-8-12-22/h3-12,19-20H,13-18H2,1-2H3. The van der Waals surface area contributed by atoms with E-state index in [1.165, 1.54) is 11.1 Å². The summed E-state index contributed by atoms with van der Waals surface area (Å²) in [6.07, 6.45) is 0.572. The van der Waals surface area contributed by atoms with Crippen LogP contribution in [0.15, 0.2) is 60.7 Å². The van der Waals surface area contributed by atoms with E-state index in [1.54, 1.807) is 0 Å². The predicted molar refractivity (Wildman–Crippen MR) is 111 cm³/mol. The predicted octanol–water partition coefficient (Wildman–Crippen LogP) is 4.06. The molecule has 2 aliphatic heterocycles. The first-order valence-electron chi connectivity index (χ1n) is 10.3. The number of benzene rings is 2. The molecule has 0 aliphatic carbocycles. The first-order valence-corrected chi connectivity index (χ1v) is 10.3. The van der Waals surface area contributed by atoms with E-state index < -0.39 is 0 Å². The Labute approximate surface area is 168 Å². The topological polar surface area (TPSA) is 32.8 Å². The highest BCUT2D eigenvalue weighted by Gasteiger charge is 2.47. The summed E-state index contributed by atoms with van der Waals surface area (Å²) in [6.45, 7) is 8.34. The molecule has 2 aromatic carbocycles. The van der Waals surface area contributed by atoms with E-state index in [0.29, 0.717) is 19.1 Å². The monoisotopic (exact) mass is 378 g/mol. The van der Waals surface area contributed by atoms with Crippen LogP contribution in [-0.2, 0) is 9.53 Å². The zero-order chi connectivity index (χ0) is 19.6. The third-order valence-electron chi connectivity index (χ3n) is 6.40. The SMILES string of the molecule is CC(c1ccccc1)N1CCOCC2(CC(=O)N(C(C)c3ccccc3)C2)C1. The van der Waals surface area contributed by atoms with Gasteiger partial charge in [-0.3, -0.25) is 9.69 Å². The number of ether oxygens (including phenoxy) is 1. The molecule has 0 bridgehead atoms. The average Bonchev–Trinajstić information content (AvgIpc) is 2.92. The molecule has 0 aromatic heterocycles. The molecule has 0 saturated carbocycles. The number of hydrogen-bond acceptors (Lipinski definition) is 3. The molecule has 4 nitrogen and oxygen atoms in total. The summed E-state index contributed by atoms with van der Waals surface area (Å²) in [6, 6.07) is 21.3. The Morgan fingerprint density at radius 3 is 2.14 bits per heavy atom.